The number of imide groups is 2. The van der Waals surface area contributed by atoms with Crippen molar-refractivity contribution in [2.45, 2.75) is 20.0 Å². The molecule has 184 valence electrons. The first-order valence-electron chi connectivity index (χ1n) is 11.2. The number of urea groups is 1. The third kappa shape index (κ3) is 5.78. The minimum absolute atomic E-state index is 0.187. The second-order valence-corrected chi connectivity index (χ2v) is 9.19. The molecule has 0 aromatic heterocycles. The lowest BCUT2D eigenvalue weighted by atomic mass is 10.1. The van der Waals surface area contributed by atoms with Crippen molar-refractivity contribution in [3.8, 4) is 11.5 Å². The van der Waals surface area contributed by atoms with Crippen molar-refractivity contribution in [3.05, 3.63) is 92.9 Å². The molecule has 1 fully saturated rings. The molecule has 9 heteroatoms. The highest BCUT2D eigenvalue weighted by Gasteiger charge is 2.37. The molecule has 7 nitrogen and oxygen atoms in total. The summed E-state index contributed by atoms with van der Waals surface area (Å²) >= 11 is 9.57. The van der Waals surface area contributed by atoms with Gasteiger partial charge in [0.25, 0.3) is 11.8 Å². The Balaban J connectivity index is 1.57. The quantitative estimate of drug-likeness (QED) is 0.260. The second kappa shape index (κ2) is 11.4. The number of hydrogen-bond donors (Lipinski definition) is 1. The molecule has 0 saturated carbocycles. The molecule has 1 aliphatic rings. The molecule has 0 aliphatic carbocycles. The zero-order valence-electron chi connectivity index (χ0n) is 19.3. The molecule has 0 spiro atoms. The number of hydrogen-bond acceptors (Lipinski definition) is 5. The number of nitrogens with one attached hydrogen (secondary N) is 1. The van der Waals surface area contributed by atoms with Crippen LogP contribution in [0, 0.1) is 0 Å². The van der Waals surface area contributed by atoms with Gasteiger partial charge < -0.3 is 9.47 Å². The minimum Gasteiger partial charge on any atom is -0.493 e. The maximum absolute atomic E-state index is 13.3. The predicted octanol–water partition coefficient (Wildman–Crippen LogP) is 6.14. The molecule has 0 bridgehead atoms. The molecular formula is C27H22BrClN2O5. The van der Waals surface area contributed by atoms with Crippen LogP contribution < -0.4 is 19.7 Å². The van der Waals surface area contributed by atoms with Crippen LogP contribution in [-0.4, -0.2) is 24.5 Å². The molecule has 1 N–H and O–H groups in total. The average Bonchev–Trinajstić information content (AvgIpc) is 2.86. The predicted molar refractivity (Wildman–Crippen MR) is 141 cm³/mol. The Hall–Kier alpha value is -3.62. The van der Waals surface area contributed by atoms with Gasteiger partial charge in [-0.15, -0.1) is 0 Å². The molecule has 3 aromatic rings. The summed E-state index contributed by atoms with van der Waals surface area (Å²) in [5, 5.41) is 2.83. The van der Waals surface area contributed by atoms with Gasteiger partial charge >= 0.3 is 6.03 Å². The van der Waals surface area contributed by atoms with Crippen molar-refractivity contribution in [1.82, 2.24) is 5.32 Å². The lowest BCUT2D eigenvalue weighted by molar-refractivity contribution is -0.122. The zero-order chi connectivity index (χ0) is 25.7. The van der Waals surface area contributed by atoms with Gasteiger partial charge in [-0.2, -0.15) is 0 Å². The minimum atomic E-state index is -0.830. The molecular weight excluding hydrogens is 548 g/mol. The number of amides is 4. The highest BCUT2D eigenvalue weighted by atomic mass is 79.9. The number of ether oxygens (including phenoxy) is 2. The average molecular weight is 570 g/mol. The summed E-state index contributed by atoms with van der Waals surface area (Å²) in [5.41, 5.74) is 1.47. The number of benzene rings is 3. The summed E-state index contributed by atoms with van der Waals surface area (Å²) in [6, 6.07) is 18.2. The molecule has 36 heavy (non-hydrogen) atoms. The van der Waals surface area contributed by atoms with E-state index in [0.29, 0.717) is 28.7 Å². The Bertz CT molecular complexity index is 1340. The molecule has 1 heterocycles. The largest absolute Gasteiger partial charge is 0.493 e. The van der Waals surface area contributed by atoms with Gasteiger partial charge in [-0.25, -0.2) is 9.69 Å². The second-order valence-electron chi connectivity index (χ2n) is 7.86. The van der Waals surface area contributed by atoms with E-state index >= 15 is 0 Å². The smallest absolute Gasteiger partial charge is 0.335 e. The first-order valence-corrected chi connectivity index (χ1v) is 12.3. The van der Waals surface area contributed by atoms with Gasteiger partial charge in [0, 0.05) is 20.6 Å². The highest BCUT2D eigenvalue weighted by molar-refractivity contribution is 9.10. The Morgan fingerprint density at radius 1 is 1.00 bits per heavy atom. The van der Waals surface area contributed by atoms with Crippen molar-refractivity contribution in [3.63, 3.8) is 0 Å². The van der Waals surface area contributed by atoms with E-state index in [1.54, 1.807) is 48.5 Å². The van der Waals surface area contributed by atoms with Crippen molar-refractivity contribution in [1.29, 1.82) is 0 Å². The number of anilines is 1. The van der Waals surface area contributed by atoms with Crippen LogP contribution in [0.2, 0.25) is 5.02 Å². The van der Waals surface area contributed by atoms with E-state index in [0.717, 1.165) is 21.4 Å². The molecule has 1 saturated heterocycles. The molecule has 0 unspecified atom stereocenters. The lowest BCUT2D eigenvalue weighted by Crippen LogP contribution is -2.54. The lowest BCUT2D eigenvalue weighted by Gasteiger charge is -2.26. The van der Waals surface area contributed by atoms with Crippen molar-refractivity contribution in [2.75, 3.05) is 11.5 Å². The van der Waals surface area contributed by atoms with Crippen LogP contribution in [0.3, 0.4) is 0 Å². The zero-order valence-corrected chi connectivity index (χ0v) is 21.6. The fourth-order valence-electron chi connectivity index (χ4n) is 3.49. The summed E-state index contributed by atoms with van der Waals surface area (Å²) in [6.07, 6.45) is 2.22. The first kappa shape index (κ1) is 25.5. The summed E-state index contributed by atoms with van der Waals surface area (Å²) in [4.78, 5) is 39.3. The van der Waals surface area contributed by atoms with Crippen LogP contribution in [0.4, 0.5) is 10.5 Å². The van der Waals surface area contributed by atoms with Crippen LogP contribution in [0.1, 0.15) is 24.5 Å². The summed E-state index contributed by atoms with van der Waals surface area (Å²) in [6.45, 7) is 2.72. The maximum Gasteiger partial charge on any atom is 0.335 e. The number of nitrogens with zero attached hydrogens (tertiary/aromatic N) is 1. The van der Waals surface area contributed by atoms with Crippen molar-refractivity contribution in [2.24, 2.45) is 0 Å². The molecule has 3 aromatic carbocycles. The Morgan fingerprint density at radius 3 is 2.47 bits per heavy atom. The number of carbonyl (C=O) groups is 3. The van der Waals surface area contributed by atoms with E-state index in [-0.39, 0.29) is 17.9 Å². The van der Waals surface area contributed by atoms with Crippen LogP contribution >= 0.6 is 27.5 Å². The summed E-state index contributed by atoms with van der Waals surface area (Å²) in [5.74, 6) is -0.462. The van der Waals surface area contributed by atoms with Crippen LogP contribution in [0.5, 0.6) is 11.5 Å². The van der Waals surface area contributed by atoms with Gasteiger partial charge in [0.2, 0.25) is 0 Å². The molecule has 0 radical (unpaired) electrons. The number of halogens is 2. The van der Waals surface area contributed by atoms with Crippen LogP contribution in [0.25, 0.3) is 6.08 Å². The molecule has 1 aliphatic heterocycles. The van der Waals surface area contributed by atoms with Crippen molar-refractivity contribution >= 4 is 57.1 Å². The van der Waals surface area contributed by atoms with E-state index in [9.17, 15) is 14.4 Å². The number of rotatable bonds is 8. The van der Waals surface area contributed by atoms with E-state index in [1.807, 2.05) is 25.1 Å². The Kier molecular flexibility index (Phi) is 8.07. The van der Waals surface area contributed by atoms with Gasteiger partial charge in [0.15, 0.2) is 0 Å². The fourth-order valence-corrected chi connectivity index (χ4v) is 4.06. The summed E-state index contributed by atoms with van der Waals surface area (Å²) < 4.78 is 12.3. The third-order valence-electron chi connectivity index (χ3n) is 5.28. The van der Waals surface area contributed by atoms with Gasteiger partial charge in [-0.1, -0.05) is 52.7 Å². The monoisotopic (exact) mass is 568 g/mol. The number of barbiturate groups is 1. The summed E-state index contributed by atoms with van der Waals surface area (Å²) in [7, 11) is 0. The molecule has 4 rings (SSSR count). The normalized spacial score (nSPS) is 14.7. The van der Waals surface area contributed by atoms with E-state index in [4.69, 9.17) is 21.1 Å². The van der Waals surface area contributed by atoms with E-state index < -0.39 is 17.8 Å². The first-order chi connectivity index (χ1) is 17.4. The van der Waals surface area contributed by atoms with Gasteiger partial charge in [0.1, 0.15) is 23.7 Å². The van der Waals surface area contributed by atoms with E-state index in [1.165, 1.54) is 6.08 Å². The Morgan fingerprint density at radius 2 is 1.75 bits per heavy atom. The topological polar surface area (TPSA) is 84.9 Å². The van der Waals surface area contributed by atoms with E-state index in [2.05, 4.69) is 21.2 Å². The number of carbonyl (C=O) groups excluding carboxylic acids is 3. The fraction of sp³-hybridized carbons (Fsp3) is 0.148. The third-order valence-corrected chi connectivity index (χ3v) is 6.14. The van der Waals surface area contributed by atoms with Gasteiger partial charge in [0.05, 0.1) is 12.3 Å². The van der Waals surface area contributed by atoms with Crippen molar-refractivity contribution < 1.29 is 23.9 Å². The van der Waals surface area contributed by atoms with Crippen LogP contribution in [0.15, 0.2) is 76.8 Å². The van der Waals surface area contributed by atoms with Gasteiger partial charge in [-0.3, -0.25) is 14.9 Å². The molecule has 4 amide bonds. The standard InChI is InChI=1S/C27H22BrClN2O5/c1-2-13-35-24-12-7-19(28)14-18(24)15-22-25(32)30-27(34)31(26(22)33)20-8-10-21(11-9-20)36-16-17-5-3-4-6-23(17)29/h3-12,14-15H,2,13,16H2,1H3,(H,30,32,34)/b22-15+. The molecule has 0 atom stereocenters. The highest BCUT2D eigenvalue weighted by Crippen LogP contribution is 2.29. The maximum atomic E-state index is 13.3. The van der Waals surface area contributed by atoms with Crippen LogP contribution in [-0.2, 0) is 16.2 Å². The SMILES string of the molecule is CCCOc1ccc(Br)cc1/C=C1\C(=O)NC(=O)N(c2ccc(OCc3ccccc3Cl)cc2)C1=O. The Labute approximate surface area is 221 Å². The van der Waals surface area contributed by atoms with Gasteiger partial charge in [-0.05, 0) is 61.0 Å².